The normalized spacial score (nSPS) is 12.6. The molecule has 1 atom stereocenters. The van der Waals surface area contributed by atoms with E-state index in [2.05, 4.69) is 5.32 Å². The number of amides is 1. The molecular weight excluding hydrogens is 376 g/mol. The number of hydrogen-bond donors (Lipinski definition) is 1. The van der Waals surface area contributed by atoms with Gasteiger partial charge >= 0.3 is 0 Å². The quantitative estimate of drug-likeness (QED) is 0.727. The van der Waals surface area contributed by atoms with Crippen molar-refractivity contribution in [3.8, 4) is 5.75 Å². The summed E-state index contributed by atoms with van der Waals surface area (Å²) in [6, 6.07) is 11.9. The first-order valence-corrected chi connectivity index (χ1v) is 10.8. The number of hydrogen-bond acceptors (Lipinski definition) is 4. The molecule has 0 bridgehead atoms. The zero-order valence-corrected chi connectivity index (χ0v) is 17.8. The third-order valence-corrected chi connectivity index (χ3v) is 6.76. The van der Waals surface area contributed by atoms with E-state index in [1.165, 1.54) is 16.4 Å². The standard InChI is InChI=1S/C21H28N2O4S/c1-6-23(7-2)28(25,26)19-13-11-18(12-14-19)22-21(24)17(5)27-20-10-8-9-15(3)16(20)4/h8-14,17H,6-7H2,1-5H3,(H,22,24). The molecule has 6 nitrogen and oxygen atoms in total. The van der Waals surface area contributed by atoms with Gasteiger partial charge in [0.1, 0.15) is 5.75 Å². The summed E-state index contributed by atoms with van der Waals surface area (Å²) in [7, 11) is -3.52. The van der Waals surface area contributed by atoms with E-state index in [1.54, 1.807) is 32.9 Å². The highest BCUT2D eigenvalue weighted by molar-refractivity contribution is 7.89. The van der Waals surface area contributed by atoms with Gasteiger partial charge in [0, 0.05) is 18.8 Å². The van der Waals surface area contributed by atoms with Gasteiger partial charge in [0.25, 0.3) is 5.91 Å². The molecule has 0 aliphatic carbocycles. The molecule has 0 aromatic heterocycles. The molecule has 152 valence electrons. The average Bonchev–Trinajstić information content (AvgIpc) is 2.66. The van der Waals surface area contributed by atoms with E-state index >= 15 is 0 Å². The van der Waals surface area contributed by atoms with Crippen LogP contribution < -0.4 is 10.1 Å². The lowest BCUT2D eigenvalue weighted by atomic mass is 10.1. The number of aryl methyl sites for hydroxylation is 1. The summed E-state index contributed by atoms with van der Waals surface area (Å²) >= 11 is 0. The zero-order chi connectivity index (χ0) is 20.9. The molecular formula is C21H28N2O4S. The van der Waals surface area contributed by atoms with Crippen molar-refractivity contribution in [1.29, 1.82) is 0 Å². The predicted octanol–water partition coefficient (Wildman–Crippen LogP) is 3.74. The molecule has 0 spiro atoms. The van der Waals surface area contributed by atoms with Crippen LogP contribution in [0.4, 0.5) is 5.69 Å². The van der Waals surface area contributed by atoms with E-state index in [0.29, 0.717) is 24.5 Å². The van der Waals surface area contributed by atoms with Crippen LogP contribution in [0.1, 0.15) is 31.9 Å². The largest absolute Gasteiger partial charge is 0.481 e. The summed E-state index contributed by atoms with van der Waals surface area (Å²) in [4.78, 5) is 12.6. The molecule has 28 heavy (non-hydrogen) atoms. The smallest absolute Gasteiger partial charge is 0.265 e. The lowest BCUT2D eigenvalue weighted by molar-refractivity contribution is -0.122. The van der Waals surface area contributed by atoms with Crippen LogP contribution in [0.25, 0.3) is 0 Å². The molecule has 2 aromatic rings. The maximum absolute atomic E-state index is 12.5. The highest BCUT2D eigenvalue weighted by Crippen LogP contribution is 2.22. The Hall–Kier alpha value is -2.38. The molecule has 2 aromatic carbocycles. The highest BCUT2D eigenvalue weighted by Gasteiger charge is 2.22. The second-order valence-corrected chi connectivity index (χ2v) is 8.50. The number of nitrogens with zero attached hydrogens (tertiary/aromatic N) is 1. The van der Waals surface area contributed by atoms with E-state index in [-0.39, 0.29) is 10.8 Å². The van der Waals surface area contributed by atoms with Gasteiger partial charge in [-0.15, -0.1) is 0 Å². The Morgan fingerprint density at radius 1 is 1.07 bits per heavy atom. The van der Waals surface area contributed by atoms with Crippen LogP contribution in [0.15, 0.2) is 47.4 Å². The number of rotatable bonds is 8. The first-order valence-electron chi connectivity index (χ1n) is 9.34. The predicted molar refractivity (Wildman–Crippen MR) is 111 cm³/mol. The zero-order valence-electron chi connectivity index (χ0n) is 17.0. The van der Waals surface area contributed by atoms with Gasteiger partial charge in [0.05, 0.1) is 4.90 Å². The SMILES string of the molecule is CCN(CC)S(=O)(=O)c1ccc(NC(=O)C(C)Oc2cccc(C)c2C)cc1. The highest BCUT2D eigenvalue weighted by atomic mass is 32.2. The van der Waals surface area contributed by atoms with Gasteiger partial charge in [-0.25, -0.2) is 8.42 Å². The van der Waals surface area contributed by atoms with Gasteiger partial charge in [-0.3, -0.25) is 4.79 Å². The molecule has 1 N–H and O–H groups in total. The number of ether oxygens (including phenoxy) is 1. The molecule has 0 heterocycles. The maximum Gasteiger partial charge on any atom is 0.265 e. The molecule has 7 heteroatoms. The first kappa shape index (κ1) is 21.9. The molecule has 0 saturated heterocycles. The lowest BCUT2D eigenvalue weighted by Crippen LogP contribution is -2.31. The minimum absolute atomic E-state index is 0.203. The van der Waals surface area contributed by atoms with Crippen molar-refractivity contribution in [3.05, 3.63) is 53.6 Å². The summed E-state index contributed by atoms with van der Waals surface area (Å²) in [5.74, 6) is 0.364. The van der Waals surface area contributed by atoms with Crippen molar-refractivity contribution in [3.63, 3.8) is 0 Å². The molecule has 0 saturated carbocycles. The summed E-state index contributed by atoms with van der Waals surface area (Å²) in [6.07, 6.45) is -0.695. The molecule has 2 rings (SSSR count). The Morgan fingerprint density at radius 3 is 2.25 bits per heavy atom. The summed E-state index contributed by atoms with van der Waals surface area (Å²) in [5, 5.41) is 2.76. The van der Waals surface area contributed by atoms with Crippen molar-refractivity contribution in [2.24, 2.45) is 0 Å². The Bertz CT molecular complexity index is 920. The van der Waals surface area contributed by atoms with E-state index in [1.807, 2.05) is 32.0 Å². The van der Waals surface area contributed by atoms with Crippen LogP contribution >= 0.6 is 0 Å². The Labute approximate surface area is 167 Å². The monoisotopic (exact) mass is 404 g/mol. The average molecular weight is 405 g/mol. The van der Waals surface area contributed by atoms with Crippen LogP contribution in [0.3, 0.4) is 0 Å². The number of anilines is 1. The van der Waals surface area contributed by atoms with Crippen LogP contribution in [0.2, 0.25) is 0 Å². The Balaban J connectivity index is 2.07. The van der Waals surface area contributed by atoms with Crippen molar-refractivity contribution >= 4 is 21.6 Å². The lowest BCUT2D eigenvalue weighted by Gasteiger charge is -2.19. The van der Waals surface area contributed by atoms with E-state index in [0.717, 1.165) is 11.1 Å². The van der Waals surface area contributed by atoms with Crippen molar-refractivity contribution < 1.29 is 17.9 Å². The molecule has 0 aliphatic heterocycles. The van der Waals surface area contributed by atoms with Gasteiger partial charge < -0.3 is 10.1 Å². The number of benzene rings is 2. The van der Waals surface area contributed by atoms with E-state index in [9.17, 15) is 13.2 Å². The van der Waals surface area contributed by atoms with Crippen molar-refractivity contribution in [2.75, 3.05) is 18.4 Å². The number of sulfonamides is 1. The van der Waals surface area contributed by atoms with Gasteiger partial charge in [0.15, 0.2) is 6.10 Å². The van der Waals surface area contributed by atoms with E-state index < -0.39 is 16.1 Å². The molecule has 1 amide bonds. The number of nitrogens with one attached hydrogen (secondary N) is 1. The number of carbonyl (C=O) groups is 1. The van der Waals surface area contributed by atoms with Crippen LogP contribution in [-0.4, -0.2) is 37.8 Å². The van der Waals surface area contributed by atoms with Crippen LogP contribution in [0.5, 0.6) is 5.75 Å². The van der Waals surface area contributed by atoms with Crippen molar-refractivity contribution in [1.82, 2.24) is 4.31 Å². The van der Waals surface area contributed by atoms with E-state index in [4.69, 9.17) is 4.74 Å². The summed E-state index contributed by atoms with van der Waals surface area (Å²) in [6.45, 7) is 10.0. The summed E-state index contributed by atoms with van der Waals surface area (Å²) < 4.78 is 32.2. The first-order chi connectivity index (χ1) is 13.2. The topological polar surface area (TPSA) is 75.7 Å². The molecule has 0 fully saturated rings. The van der Waals surface area contributed by atoms with Gasteiger partial charge in [0.2, 0.25) is 10.0 Å². The molecule has 0 aliphatic rings. The summed E-state index contributed by atoms with van der Waals surface area (Å²) in [5.41, 5.74) is 2.60. The molecule has 1 unspecified atom stereocenters. The number of carbonyl (C=O) groups excluding carboxylic acids is 1. The van der Waals surface area contributed by atoms with Crippen molar-refractivity contribution in [2.45, 2.75) is 45.6 Å². The second kappa shape index (κ2) is 9.21. The van der Waals surface area contributed by atoms with Gasteiger partial charge in [-0.1, -0.05) is 26.0 Å². The Morgan fingerprint density at radius 2 is 1.68 bits per heavy atom. The molecule has 0 radical (unpaired) electrons. The van der Waals surface area contributed by atoms with Gasteiger partial charge in [-0.05, 0) is 62.2 Å². The fourth-order valence-electron chi connectivity index (χ4n) is 2.76. The minimum Gasteiger partial charge on any atom is -0.481 e. The Kier molecular flexibility index (Phi) is 7.21. The minimum atomic E-state index is -3.52. The van der Waals surface area contributed by atoms with Gasteiger partial charge in [-0.2, -0.15) is 4.31 Å². The third-order valence-electron chi connectivity index (χ3n) is 4.69. The fraction of sp³-hybridized carbons (Fsp3) is 0.381. The van der Waals surface area contributed by atoms with Crippen LogP contribution in [-0.2, 0) is 14.8 Å². The maximum atomic E-state index is 12.5. The third kappa shape index (κ3) is 4.91. The second-order valence-electron chi connectivity index (χ2n) is 6.56. The van der Waals surface area contributed by atoms with Crippen LogP contribution in [0, 0.1) is 13.8 Å². The fourth-order valence-corrected chi connectivity index (χ4v) is 4.22.